The Morgan fingerprint density at radius 1 is 1.53 bits per heavy atom. The van der Waals surface area contributed by atoms with Gasteiger partial charge in [0, 0.05) is 24.7 Å². The molecule has 2 rings (SSSR count). The Kier molecular flexibility index (Phi) is 2.97. The molecule has 0 aromatic carbocycles. The summed E-state index contributed by atoms with van der Waals surface area (Å²) in [5, 5.41) is 8.84. The molecule has 6 heteroatoms. The van der Waals surface area contributed by atoms with Gasteiger partial charge in [-0.3, -0.25) is 9.69 Å². The summed E-state index contributed by atoms with van der Waals surface area (Å²) in [6.45, 7) is 5.48. The number of aromatic amines is 1. The molecule has 1 aliphatic heterocycles. The Morgan fingerprint density at radius 2 is 2.24 bits per heavy atom. The fourth-order valence-corrected chi connectivity index (χ4v) is 2.00. The number of hydrogen-bond donors (Lipinski definition) is 2. The largest absolute Gasteiger partial charge is 0.475 e. The van der Waals surface area contributed by atoms with Crippen LogP contribution < -0.4 is 5.56 Å². The molecule has 17 heavy (non-hydrogen) atoms. The van der Waals surface area contributed by atoms with Gasteiger partial charge in [0.1, 0.15) is 0 Å². The molecule has 1 aromatic rings. The quantitative estimate of drug-likeness (QED) is 0.769. The van der Waals surface area contributed by atoms with E-state index in [1.54, 1.807) is 0 Å². The lowest BCUT2D eigenvalue weighted by Crippen LogP contribution is -2.39. The van der Waals surface area contributed by atoms with Crippen molar-refractivity contribution in [3.05, 3.63) is 27.4 Å². The second-order valence-electron chi connectivity index (χ2n) is 4.46. The Balaban J connectivity index is 2.42. The second-order valence-corrected chi connectivity index (χ2v) is 4.46. The molecule has 0 saturated heterocycles. The van der Waals surface area contributed by atoms with Gasteiger partial charge in [-0.1, -0.05) is 0 Å². The lowest BCUT2D eigenvalue weighted by molar-refractivity contribution is 0.0681. The first-order chi connectivity index (χ1) is 7.99. The van der Waals surface area contributed by atoms with Gasteiger partial charge in [-0.25, -0.2) is 9.78 Å². The van der Waals surface area contributed by atoms with Crippen molar-refractivity contribution in [1.29, 1.82) is 0 Å². The summed E-state index contributed by atoms with van der Waals surface area (Å²) in [6.07, 6.45) is 0.621. The van der Waals surface area contributed by atoms with Crippen molar-refractivity contribution in [3.63, 3.8) is 0 Å². The highest BCUT2D eigenvalue weighted by molar-refractivity contribution is 5.83. The molecule has 2 heterocycles. The molecule has 2 N–H and O–H groups in total. The van der Waals surface area contributed by atoms with E-state index < -0.39 is 5.97 Å². The van der Waals surface area contributed by atoms with Gasteiger partial charge in [-0.05, 0) is 20.3 Å². The minimum absolute atomic E-state index is 0.278. The molecule has 0 fully saturated rings. The predicted molar refractivity (Wildman–Crippen MR) is 61.1 cm³/mol. The highest BCUT2D eigenvalue weighted by Gasteiger charge is 2.23. The van der Waals surface area contributed by atoms with Crippen LogP contribution in [0, 0.1) is 0 Å². The molecule has 0 saturated carbocycles. The SMILES string of the molecule is CC(C)N1CCc2c(nc(C(=O)O)[nH]c2=O)C1. The molecule has 0 amide bonds. The molecule has 0 atom stereocenters. The van der Waals surface area contributed by atoms with Gasteiger partial charge >= 0.3 is 5.97 Å². The van der Waals surface area contributed by atoms with Crippen LogP contribution in [0.25, 0.3) is 0 Å². The Hall–Kier alpha value is -1.69. The van der Waals surface area contributed by atoms with E-state index in [9.17, 15) is 9.59 Å². The molecule has 0 bridgehead atoms. The number of aromatic nitrogens is 2. The summed E-state index contributed by atoms with van der Waals surface area (Å²) in [6, 6.07) is 0.359. The Labute approximate surface area is 98.3 Å². The molecular weight excluding hydrogens is 222 g/mol. The molecule has 1 aliphatic rings. The maximum Gasteiger partial charge on any atom is 0.372 e. The van der Waals surface area contributed by atoms with Crippen LogP contribution in [0.4, 0.5) is 0 Å². The zero-order chi connectivity index (χ0) is 12.6. The number of carboxylic acid groups (broad SMARTS) is 1. The van der Waals surface area contributed by atoms with Crippen LogP contribution in [-0.4, -0.2) is 38.5 Å². The third-order valence-corrected chi connectivity index (χ3v) is 3.04. The molecular formula is C11H15N3O3. The average Bonchev–Trinajstić information content (AvgIpc) is 2.27. The Morgan fingerprint density at radius 3 is 2.82 bits per heavy atom. The van der Waals surface area contributed by atoms with Crippen molar-refractivity contribution in [3.8, 4) is 0 Å². The van der Waals surface area contributed by atoms with Crippen LogP contribution in [0.5, 0.6) is 0 Å². The van der Waals surface area contributed by atoms with Crippen molar-refractivity contribution in [2.45, 2.75) is 32.9 Å². The van der Waals surface area contributed by atoms with E-state index in [1.807, 2.05) is 0 Å². The standard InChI is InChI=1S/C11H15N3O3/c1-6(2)14-4-3-7-8(5-14)12-9(11(16)17)13-10(7)15/h6H,3-5H2,1-2H3,(H,16,17)(H,12,13,15). The minimum Gasteiger partial charge on any atom is -0.475 e. The van der Waals surface area contributed by atoms with Gasteiger partial charge in [0.2, 0.25) is 5.82 Å². The summed E-state index contributed by atoms with van der Waals surface area (Å²) in [4.78, 5) is 31.0. The number of carbonyl (C=O) groups is 1. The molecule has 0 spiro atoms. The van der Waals surface area contributed by atoms with Crippen molar-refractivity contribution in [2.24, 2.45) is 0 Å². The smallest absolute Gasteiger partial charge is 0.372 e. The van der Waals surface area contributed by atoms with Gasteiger partial charge in [0.25, 0.3) is 5.56 Å². The van der Waals surface area contributed by atoms with E-state index in [0.717, 1.165) is 6.54 Å². The van der Waals surface area contributed by atoms with E-state index in [0.29, 0.717) is 30.3 Å². The van der Waals surface area contributed by atoms with Crippen LogP contribution in [0.3, 0.4) is 0 Å². The highest BCUT2D eigenvalue weighted by Crippen LogP contribution is 2.15. The monoisotopic (exact) mass is 237 g/mol. The van der Waals surface area contributed by atoms with Gasteiger partial charge < -0.3 is 10.1 Å². The zero-order valence-corrected chi connectivity index (χ0v) is 9.86. The van der Waals surface area contributed by atoms with E-state index in [4.69, 9.17) is 5.11 Å². The number of nitrogens with one attached hydrogen (secondary N) is 1. The molecule has 0 radical (unpaired) electrons. The molecule has 1 aromatic heterocycles. The molecule has 0 aliphatic carbocycles. The van der Waals surface area contributed by atoms with E-state index >= 15 is 0 Å². The lowest BCUT2D eigenvalue weighted by Gasteiger charge is -2.30. The third kappa shape index (κ3) is 2.21. The average molecular weight is 237 g/mol. The lowest BCUT2D eigenvalue weighted by atomic mass is 10.1. The van der Waals surface area contributed by atoms with E-state index in [1.165, 1.54) is 0 Å². The fraction of sp³-hybridized carbons (Fsp3) is 0.545. The van der Waals surface area contributed by atoms with Crippen LogP contribution in [0.15, 0.2) is 4.79 Å². The maximum atomic E-state index is 11.7. The van der Waals surface area contributed by atoms with Crippen molar-refractivity contribution < 1.29 is 9.90 Å². The zero-order valence-electron chi connectivity index (χ0n) is 9.86. The predicted octanol–water partition coefficient (Wildman–Crippen LogP) is 0.235. The van der Waals surface area contributed by atoms with Gasteiger partial charge in [-0.15, -0.1) is 0 Å². The number of H-pyrrole nitrogens is 1. The number of rotatable bonds is 2. The minimum atomic E-state index is -1.20. The van der Waals surface area contributed by atoms with Crippen molar-refractivity contribution in [1.82, 2.24) is 14.9 Å². The normalized spacial score (nSPS) is 15.9. The fourth-order valence-electron chi connectivity index (χ4n) is 2.00. The maximum absolute atomic E-state index is 11.7. The van der Waals surface area contributed by atoms with Crippen LogP contribution in [0.2, 0.25) is 0 Å². The first-order valence-corrected chi connectivity index (χ1v) is 5.58. The second kappa shape index (κ2) is 4.29. The van der Waals surface area contributed by atoms with Crippen molar-refractivity contribution >= 4 is 5.97 Å². The third-order valence-electron chi connectivity index (χ3n) is 3.04. The summed E-state index contributed by atoms with van der Waals surface area (Å²) in [5.41, 5.74) is 0.883. The summed E-state index contributed by atoms with van der Waals surface area (Å²) < 4.78 is 0. The van der Waals surface area contributed by atoms with Crippen LogP contribution in [-0.2, 0) is 13.0 Å². The van der Waals surface area contributed by atoms with Gasteiger partial charge in [0.05, 0.1) is 5.69 Å². The molecule has 6 nitrogen and oxygen atoms in total. The van der Waals surface area contributed by atoms with Gasteiger partial charge in [-0.2, -0.15) is 0 Å². The van der Waals surface area contributed by atoms with E-state index in [-0.39, 0.29) is 11.4 Å². The number of hydrogen-bond acceptors (Lipinski definition) is 4. The van der Waals surface area contributed by atoms with Crippen LogP contribution >= 0.6 is 0 Å². The first kappa shape index (κ1) is 11.8. The molecule has 0 unspecified atom stereocenters. The van der Waals surface area contributed by atoms with Crippen molar-refractivity contribution in [2.75, 3.05) is 6.54 Å². The Bertz CT molecular complexity index is 507. The van der Waals surface area contributed by atoms with Crippen LogP contribution in [0.1, 0.15) is 35.7 Å². The summed E-state index contributed by atoms with van der Waals surface area (Å²) in [5.74, 6) is -1.48. The summed E-state index contributed by atoms with van der Waals surface area (Å²) >= 11 is 0. The van der Waals surface area contributed by atoms with Gasteiger partial charge in [0.15, 0.2) is 0 Å². The number of aromatic carboxylic acids is 1. The number of carboxylic acids is 1. The van der Waals surface area contributed by atoms with E-state index in [2.05, 4.69) is 28.7 Å². The molecule has 92 valence electrons. The number of nitrogens with zero attached hydrogens (tertiary/aromatic N) is 2. The number of fused-ring (bicyclic) bond motifs is 1. The summed E-state index contributed by atoms with van der Waals surface area (Å²) in [7, 11) is 0. The first-order valence-electron chi connectivity index (χ1n) is 5.58. The topological polar surface area (TPSA) is 86.3 Å². The highest BCUT2D eigenvalue weighted by atomic mass is 16.4.